The summed E-state index contributed by atoms with van der Waals surface area (Å²) in [4.78, 5) is 1.28. The van der Waals surface area contributed by atoms with Gasteiger partial charge in [-0.05, 0) is 24.0 Å². The van der Waals surface area contributed by atoms with Gasteiger partial charge in [0.25, 0.3) is 0 Å². The zero-order valence-corrected chi connectivity index (χ0v) is 8.04. The van der Waals surface area contributed by atoms with E-state index in [4.69, 9.17) is 5.73 Å². The molecule has 62 valence electrons. The van der Waals surface area contributed by atoms with Crippen LogP contribution in [0.3, 0.4) is 0 Å². The molecular formula is C8H12ClNS. The average Bonchev–Trinajstić information content (AvgIpc) is 2.05. The molecule has 1 rings (SSSR count). The van der Waals surface area contributed by atoms with Crippen LogP contribution < -0.4 is 5.73 Å². The second-order valence-electron chi connectivity index (χ2n) is 2.06. The van der Waals surface area contributed by atoms with Gasteiger partial charge in [-0.15, -0.1) is 24.2 Å². The molecule has 1 aromatic carbocycles. The van der Waals surface area contributed by atoms with E-state index >= 15 is 0 Å². The van der Waals surface area contributed by atoms with Gasteiger partial charge in [0.1, 0.15) is 0 Å². The number of thioether (sulfide) groups is 1. The van der Waals surface area contributed by atoms with E-state index in [1.807, 2.05) is 12.1 Å². The molecule has 0 saturated carbocycles. The van der Waals surface area contributed by atoms with Crippen molar-refractivity contribution in [1.29, 1.82) is 0 Å². The van der Waals surface area contributed by atoms with Crippen LogP contribution in [-0.4, -0.2) is 6.26 Å². The summed E-state index contributed by atoms with van der Waals surface area (Å²) in [6, 6.07) is 8.28. The summed E-state index contributed by atoms with van der Waals surface area (Å²) in [5.74, 6) is 0. The standard InChI is InChI=1S/C8H11NS.ClH/c1-10-8-4-2-3-7(5-8)6-9;/h2-5H,6,9H2,1H3;1H. The summed E-state index contributed by atoms with van der Waals surface area (Å²) in [6.45, 7) is 0.633. The molecule has 0 unspecified atom stereocenters. The van der Waals surface area contributed by atoms with Crippen LogP contribution >= 0.6 is 24.2 Å². The summed E-state index contributed by atoms with van der Waals surface area (Å²) in [6.07, 6.45) is 2.07. The van der Waals surface area contributed by atoms with E-state index in [9.17, 15) is 0 Å². The average molecular weight is 190 g/mol. The van der Waals surface area contributed by atoms with Crippen molar-refractivity contribution in [3.63, 3.8) is 0 Å². The zero-order chi connectivity index (χ0) is 7.40. The van der Waals surface area contributed by atoms with Gasteiger partial charge in [-0.2, -0.15) is 0 Å². The summed E-state index contributed by atoms with van der Waals surface area (Å²) >= 11 is 1.74. The lowest BCUT2D eigenvalue weighted by molar-refractivity contribution is 1.06. The van der Waals surface area contributed by atoms with Crippen LogP contribution in [0.1, 0.15) is 5.56 Å². The first kappa shape index (κ1) is 10.8. The van der Waals surface area contributed by atoms with Crippen molar-refractivity contribution in [1.82, 2.24) is 0 Å². The van der Waals surface area contributed by atoms with Gasteiger partial charge in [0.15, 0.2) is 0 Å². The van der Waals surface area contributed by atoms with E-state index < -0.39 is 0 Å². The highest BCUT2D eigenvalue weighted by Gasteiger charge is 1.90. The molecule has 0 aliphatic rings. The van der Waals surface area contributed by atoms with Gasteiger partial charge in [0.2, 0.25) is 0 Å². The SMILES string of the molecule is CSc1cccc(CN)c1.Cl. The lowest BCUT2D eigenvalue weighted by Crippen LogP contribution is -1.95. The fourth-order valence-electron chi connectivity index (χ4n) is 0.799. The van der Waals surface area contributed by atoms with Crippen LogP contribution in [0.5, 0.6) is 0 Å². The molecule has 2 N–H and O–H groups in total. The molecular weight excluding hydrogens is 178 g/mol. The monoisotopic (exact) mass is 189 g/mol. The number of nitrogens with two attached hydrogens (primary N) is 1. The first-order valence-corrected chi connectivity index (χ1v) is 4.42. The van der Waals surface area contributed by atoms with Gasteiger partial charge >= 0.3 is 0 Å². The molecule has 0 aliphatic carbocycles. The summed E-state index contributed by atoms with van der Waals surface area (Å²) in [5, 5.41) is 0. The first-order valence-electron chi connectivity index (χ1n) is 3.20. The quantitative estimate of drug-likeness (QED) is 0.723. The van der Waals surface area contributed by atoms with Crippen LogP contribution in [0.25, 0.3) is 0 Å². The maximum absolute atomic E-state index is 5.46. The normalized spacial score (nSPS) is 8.91. The van der Waals surface area contributed by atoms with E-state index in [1.54, 1.807) is 11.8 Å². The Kier molecular flexibility index (Phi) is 5.38. The first-order chi connectivity index (χ1) is 4.86. The highest BCUT2D eigenvalue weighted by atomic mass is 35.5. The maximum Gasteiger partial charge on any atom is 0.0178 e. The van der Waals surface area contributed by atoms with Crippen LogP contribution in [-0.2, 0) is 6.54 Å². The number of halogens is 1. The fourth-order valence-corrected chi connectivity index (χ4v) is 1.28. The molecule has 0 saturated heterocycles. The minimum absolute atomic E-state index is 0. The largest absolute Gasteiger partial charge is 0.326 e. The second kappa shape index (κ2) is 5.47. The molecule has 0 aromatic heterocycles. The van der Waals surface area contributed by atoms with E-state index in [2.05, 4.69) is 18.4 Å². The van der Waals surface area contributed by atoms with Gasteiger partial charge in [0.05, 0.1) is 0 Å². The Morgan fingerprint density at radius 1 is 1.45 bits per heavy atom. The van der Waals surface area contributed by atoms with E-state index in [0.717, 1.165) is 0 Å². The van der Waals surface area contributed by atoms with Crippen molar-refractivity contribution in [3.05, 3.63) is 29.8 Å². The van der Waals surface area contributed by atoms with Crippen LogP contribution in [0.15, 0.2) is 29.2 Å². The van der Waals surface area contributed by atoms with Crippen molar-refractivity contribution < 1.29 is 0 Å². The molecule has 1 nitrogen and oxygen atoms in total. The molecule has 0 amide bonds. The molecule has 11 heavy (non-hydrogen) atoms. The van der Waals surface area contributed by atoms with Gasteiger partial charge in [-0.3, -0.25) is 0 Å². The van der Waals surface area contributed by atoms with E-state index in [0.29, 0.717) is 6.54 Å². The second-order valence-corrected chi connectivity index (χ2v) is 2.94. The predicted molar refractivity (Wildman–Crippen MR) is 53.4 cm³/mol. The number of hydrogen-bond donors (Lipinski definition) is 1. The lowest BCUT2D eigenvalue weighted by atomic mass is 10.2. The van der Waals surface area contributed by atoms with Crippen molar-refractivity contribution in [2.75, 3.05) is 6.26 Å². The van der Waals surface area contributed by atoms with Crippen molar-refractivity contribution >= 4 is 24.2 Å². The van der Waals surface area contributed by atoms with Gasteiger partial charge in [-0.25, -0.2) is 0 Å². The molecule has 0 heterocycles. The van der Waals surface area contributed by atoms with Crippen molar-refractivity contribution in [2.24, 2.45) is 5.73 Å². The molecule has 3 heteroatoms. The molecule has 1 aromatic rings. The molecule has 0 atom stereocenters. The number of hydrogen-bond acceptors (Lipinski definition) is 2. The summed E-state index contributed by atoms with van der Waals surface area (Å²) in [5.41, 5.74) is 6.66. The van der Waals surface area contributed by atoms with Crippen LogP contribution in [0, 0.1) is 0 Å². The molecule has 0 radical (unpaired) electrons. The number of benzene rings is 1. The van der Waals surface area contributed by atoms with Gasteiger partial charge in [-0.1, -0.05) is 12.1 Å². The smallest absolute Gasteiger partial charge is 0.0178 e. The Labute approximate surface area is 77.8 Å². The van der Waals surface area contributed by atoms with Gasteiger partial charge < -0.3 is 5.73 Å². The Balaban J connectivity index is 0.000001000. The van der Waals surface area contributed by atoms with Crippen LogP contribution in [0.2, 0.25) is 0 Å². The van der Waals surface area contributed by atoms with E-state index in [-0.39, 0.29) is 12.4 Å². The summed E-state index contributed by atoms with van der Waals surface area (Å²) < 4.78 is 0. The zero-order valence-electron chi connectivity index (χ0n) is 6.41. The Bertz CT molecular complexity index is 196. The molecule has 0 aliphatic heterocycles. The maximum atomic E-state index is 5.46. The Hall–Kier alpha value is -0.180. The Morgan fingerprint density at radius 2 is 2.18 bits per heavy atom. The minimum Gasteiger partial charge on any atom is -0.326 e. The molecule has 0 fully saturated rings. The molecule has 0 spiro atoms. The van der Waals surface area contributed by atoms with E-state index in [1.165, 1.54) is 10.5 Å². The third kappa shape index (κ3) is 3.14. The third-order valence-corrected chi connectivity index (χ3v) is 2.10. The number of rotatable bonds is 2. The highest BCUT2D eigenvalue weighted by Crippen LogP contribution is 2.14. The minimum atomic E-state index is 0. The Morgan fingerprint density at radius 3 is 2.73 bits per heavy atom. The summed E-state index contributed by atoms with van der Waals surface area (Å²) in [7, 11) is 0. The van der Waals surface area contributed by atoms with Crippen molar-refractivity contribution in [2.45, 2.75) is 11.4 Å². The lowest BCUT2D eigenvalue weighted by Gasteiger charge is -1.98. The third-order valence-electron chi connectivity index (χ3n) is 1.37. The fraction of sp³-hybridized carbons (Fsp3) is 0.250. The topological polar surface area (TPSA) is 26.0 Å². The predicted octanol–water partition coefficient (Wildman–Crippen LogP) is 2.29. The van der Waals surface area contributed by atoms with Crippen molar-refractivity contribution in [3.8, 4) is 0 Å². The van der Waals surface area contributed by atoms with Gasteiger partial charge in [0, 0.05) is 11.4 Å². The van der Waals surface area contributed by atoms with Crippen LogP contribution in [0.4, 0.5) is 0 Å². The highest BCUT2D eigenvalue weighted by molar-refractivity contribution is 7.98. The molecule has 0 bridgehead atoms.